The van der Waals surface area contributed by atoms with E-state index in [0.29, 0.717) is 19.0 Å². The largest absolute Gasteiger partial charge is 0.292 e. The minimum atomic E-state index is -0.289. The Morgan fingerprint density at radius 3 is 2.69 bits per heavy atom. The molecule has 1 saturated heterocycles. The van der Waals surface area contributed by atoms with Crippen molar-refractivity contribution < 1.29 is 9.18 Å². The Labute approximate surface area is 172 Å². The number of hydrogen-bond acceptors (Lipinski definition) is 3. The fourth-order valence-corrected chi connectivity index (χ4v) is 4.27. The van der Waals surface area contributed by atoms with E-state index in [4.69, 9.17) is 5.10 Å². The molecule has 5 heteroatoms. The summed E-state index contributed by atoms with van der Waals surface area (Å²) in [6, 6.07) is 14.8. The number of piperidine rings is 1. The molecule has 4 rings (SSSR count). The van der Waals surface area contributed by atoms with Gasteiger partial charge in [-0.2, -0.15) is 5.10 Å². The highest BCUT2D eigenvalue weighted by Gasteiger charge is 2.34. The van der Waals surface area contributed by atoms with Crippen molar-refractivity contribution in [3.63, 3.8) is 0 Å². The van der Waals surface area contributed by atoms with Crippen LogP contribution < -0.4 is 0 Å². The molecule has 0 spiro atoms. The van der Waals surface area contributed by atoms with Gasteiger partial charge in [-0.3, -0.25) is 9.69 Å². The number of benzene rings is 2. The number of rotatable bonds is 4. The first-order valence-electron chi connectivity index (χ1n) is 10.5. The van der Waals surface area contributed by atoms with Crippen molar-refractivity contribution in [2.45, 2.75) is 51.6 Å². The number of likely N-dealkylation sites (tertiary alicyclic amines) is 1. The fraction of sp³-hybridized carbons (Fsp3) is 0.417. The molecule has 2 heterocycles. The van der Waals surface area contributed by atoms with Crippen molar-refractivity contribution >= 4 is 11.6 Å². The van der Waals surface area contributed by atoms with E-state index in [1.165, 1.54) is 24.1 Å². The Morgan fingerprint density at radius 1 is 1.17 bits per heavy atom. The van der Waals surface area contributed by atoms with Crippen molar-refractivity contribution in [2.24, 2.45) is 5.10 Å². The summed E-state index contributed by atoms with van der Waals surface area (Å²) in [5, 5.41) is 6.31. The summed E-state index contributed by atoms with van der Waals surface area (Å²) >= 11 is 0. The summed E-state index contributed by atoms with van der Waals surface area (Å²) < 4.78 is 13.9. The van der Waals surface area contributed by atoms with E-state index in [0.717, 1.165) is 36.2 Å². The van der Waals surface area contributed by atoms with Gasteiger partial charge in [0.05, 0.1) is 18.3 Å². The molecule has 0 N–H and O–H groups in total. The van der Waals surface area contributed by atoms with E-state index in [1.54, 1.807) is 11.1 Å². The lowest BCUT2D eigenvalue weighted by molar-refractivity contribution is -0.135. The van der Waals surface area contributed by atoms with Crippen LogP contribution in [0.1, 0.15) is 55.3 Å². The van der Waals surface area contributed by atoms with Gasteiger partial charge in [-0.1, -0.05) is 48.4 Å². The molecule has 1 amide bonds. The zero-order valence-corrected chi connectivity index (χ0v) is 17.1. The Balaban J connectivity index is 1.61. The lowest BCUT2D eigenvalue weighted by Gasteiger charge is -2.34. The van der Waals surface area contributed by atoms with Gasteiger partial charge in [-0.25, -0.2) is 9.40 Å². The SMILES string of the molecule is Cc1ccc(C2=NN(C(=O)CN3CCCC[C@H]3C)[C@H](c3cccc(F)c3)C2)cc1. The maximum atomic E-state index is 13.9. The van der Waals surface area contributed by atoms with Gasteiger partial charge >= 0.3 is 0 Å². The summed E-state index contributed by atoms with van der Waals surface area (Å²) in [5.41, 5.74) is 3.86. The number of halogens is 1. The second kappa shape index (κ2) is 8.46. The first-order chi connectivity index (χ1) is 14.0. The molecule has 0 radical (unpaired) electrons. The van der Waals surface area contributed by atoms with Gasteiger partial charge in [-0.05, 0) is 56.5 Å². The van der Waals surface area contributed by atoms with Crippen molar-refractivity contribution in [3.05, 3.63) is 71.0 Å². The van der Waals surface area contributed by atoms with Crippen LogP contribution in [0.15, 0.2) is 53.6 Å². The second-order valence-electron chi connectivity index (χ2n) is 8.24. The predicted octanol–water partition coefficient (Wildman–Crippen LogP) is 4.69. The fourth-order valence-electron chi connectivity index (χ4n) is 4.27. The van der Waals surface area contributed by atoms with Gasteiger partial charge < -0.3 is 0 Å². The molecule has 0 bridgehead atoms. The number of nitrogens with zero attached hydrogens (tertiary/aromatic N) is 3. The first-order valence-corrected chi connectivity index (χ1v) is 10.5. The molecule has 0 saturated carbocycles. The first kappa shape index (κ1) is 19.8. The lowest BCUT2D eigenvalue weighted by Crippen LogP contribution is -2.44. The normalized spacial score (nSPS) is 22.6. The molecule has 29 heavy (non-hydrogen) atoms. The molecule has 2 aromatic rings. The Hall–Kier alpha value is -2.53. The summed E-state index contributed by atoms with van der Waals surface area (Å²) in [5.74, 6) is -0.307. The van der Waals surface area contributed by atoms with Gasteiger partial charge in [0.1, 0.15) is 5.82 Å². The van der Waals surface area contributed by atoms with Crippen molar-refractivity contribution in [1.82, 2.24) is 9.91 Å². The van der Waals surface area contributed by atoms with Crippen LogP contribution in [0.5, 0.6) is 0 Å². The number of aryl methyl sites for hydroxylation is 1. The Morgan fingerprint density at radius 2 is 1.97 bits per heavy atom. The van der Waals surface area contributed by atoms with Gasteiger partial charge in [0.25, 0.3) is 5.91 Å². The third kappa shape index (κ3) is 4.40. The number of carbonyl (C=O) groups excluding carboxylic acids is 1. The summed E-state index contributed by atoms with van der Waals surface area (Å²) in [4.78, 5) is 15.5. The van der Waals surface area contributed by atoms with Crippen LogP contribution in [-0.2, 0) is 4.79 Å². The maximum Gasteiger partial charge on any atom is 0.257 e. The molecular weight excluding hydrogens is 365 g/mol. The van der Waals surface area contributed by atoms with Crippen LogP contribution in [0.25, 0.3) is 0 Å². The smallest absolute Gasteiger partial charge is 0.257 e. The maximum absolute atomic E-state index is 13.9. The average Bonchev–Trinajstić information content (AvgIpc) is 3.16. The molecule has 2 aliphatic rings. The number of amides is 1. The van der Waals surface area contributed by atoms with Gasteiger partial charge in [-0.15, -0.1) is 0 Å². The van der Waals surface area contributed by atoms with E-state index >= 15 is 0 Å². The van der Waals surface area contributed by atoms with Crippen LogP contribution >= 0.6 is 0 Å². The van der Waals surface area contributed by atoms with Crippen molar-refractivity contribution in [3.8, 4) is 0 Å². The molecule has 1 fully saturated rings. The molecule has 0 aliphatic carbocycles. The summed E-state index contributed by atoms with van der Waals surface area (Å²) in [7, 11) is 0. The van der Waals surface area contributed by atoms with Crippen molar-refractivity contribution in [2.75, 3.05) is 13.1 Å². The third-order valence-corrected chi connectivity index (χ3v) is 6.06. The standard InChI is InChI=1S/C24H28FN3O/c1-17-9-11-19(12-10-17)22-15-23(20-7-5-8-21(25)14-20)28(26-22)24(29)16-27-13-4-3-6-18(27)2/h5,7-12,14,18,23H,3-4,6,13,15-16H2,1-2H3/t18-,23+/m1/s1. The Kier molecular flexibility index (Phi) is 5.76. The van der Waals surface area contributed by atoms with Gasteiger partial charge in [0.15, 0.2) is 0 Å². The van der Waals surface area contributed by atoms with Crippen LogP contribution in [0.4, 0.5) is 4.39 Å². The van der Waals surface area contributed by atoms with Crippen LogP contribution in [0.2, 0.25) is 0 Å². The molecule has 0 aromatic heterocycles. The minimum absolute atomic E-state index is 0.0184. The molecule has 4 nitrogen and oxygen atoms in total. The zero-order valence-electron chi connectivity index (χ0n) is 17.1. The number of hydrogen-bond donors (Lipinski definition) is 0. The van der Waals surface area contributed by atoms with Crippen LogP contribution in [0, 0.1) is 12.7 Å². The molecular formula is C24H28FN3O. The molecule has 2 atom stereocenters. The van der Waals surface area contributed by atoms with E-state index < -0.39 is 0 Å². The quantitative estimate of drug-likeness (QED) is 0.756. The van der Waals surface area contributed by atoms with E-state index in [1.807, 2.05) is 25.1 Å². The molecule has 2 aromatic carbocycles. The lowest BCUT2D eigenvalue weighted by atomic mass is 9.98. The van der Waals surface area contributed by atoms with Crippen LogP contribution in [0.3, 0.4) is 0 Å². The highest BCUT2D eigenvalue weighted by molar-refractivity contribution is 6.03. The molecule has 152 valence electrons. The summed E-state index contributed by atoms with van der Waals surface area (Å²) in [6.07, 6.45) is 4.06. The minimum Gasteiger partial charge on any atom is -0.292 e. The van der Waals surface area contributed by atoms with Crippen molar-refractivity contribution in [1.29, 1.82) is 0 Å². The van der Waals surface area contributed by atoms with Gasteiger partial charge in [0.2, 0.25) is 0 Å². The topological polar surface area (TPSA) is 35.9 Å². The van der Waals surface area contributed by atoms with E-state index in [9.17, 15) is 9.18 Å². The predicted molar refractivity (Wildman–Crippen MR) is 113 cm³/mol. The highest BCUT2D eigenvalue weighted by Crippen LogP contribution is 2.33. The number of hydrazone groups is 1. The average molecular weight is 394 g/mol. The zero-order chi connectivity index (χ0) is 20.4. The van der Waals surface area contributed by atoms with Crippen LogP contribution in [-0.4, -0.2) is 40.7 Å². The van der Waals surface area contributed by atoms with E-state index in [-0.39, 0.29) is 17.8 Å². The number of carbonyl (C=O) groups is 1. The third-order valence-electron chi connectivity index (χ3n) is 6.06. The van der Waals surface area contributed by atoms with E-state index in [2.05, 4.69) is 24.0 Å². The molecule has 2 aliphatic heterocycles. The Bertz CT molecular complexity index is 909. The second-order valence-corrected chi connectivity index (χ2v) is 8.24. The monoisotopic (exact) mass is 393 g/mol. The molecule has 0 unspecified atom stereocenters. The van der Waals surface area contributed by atoms with Gasteiger partial charge in [0, 0.05) is 12.5 Å². The highest BCUT2D eigenvalue weighted by atomic mass is 19.1. The summed E-state index contributed by atoms with van der Waals surface area (Å²) in [6.45, 7) is 5.53.